The van der Waals surface area contributed by atoms with Gasteiger partial charge in [-0.25, -0.2) is 0 Å². The largest absolute Gasteiger partial charge is 0.354 e. The highest BCUT2D eigenvalue weighted by molar-refractivity contribution is 5.86. The zero-order valence-electron chi connectivity index (χ0n) is 14.4. The summed E-state index contributed by atoms with van der Waals surface area (Å²) >= 11 is 0. The number of amides is 2. The molecule has 0 radical (unpaired) electrons. The first-order valence-electron chi connectivity index (χ1n) is 8.47. The molecule has 4 N–H and O–H groups in total. The second-order valence-electron chi connectivity index (χ2n) is 6.03. The minimum absolute atomic E-state index is 0.0422. The number of rotatable bonds is 8. The molecule has 0 saturated carbocycles. The Morgan fingerprint density at radius 1 is 0.960 bits per heavy atom. The second kappa shape index (κ2) is 9.59. The first kappa shape index (κ1) is 18.7. The molecular formula is C20H25N3O2. The maximum absolute atomic E-state index is 12.2. The van der Waals surface area contributed by atoms with E-state index in [1.807, 2.05) is 60.7 Å². The van der Waals surface area contributed by atoms with Crippen LogP contribution in [0.4, 0.5) is 0 Å². The van der Waals surface area contributed by atoms with Gasteiger partial charge in [0.15, 0.2) is 0 Å². The monoisotopic (exact) mass is 339 g/mol. The van der Waals surface area contributed by atoms with E-state index in [0.717, 1.165) is 17.5 Å². The fourth-order valence-electron chi connectivity index (χ4n) is 2.51. The number of carbonyl (C=O) groups is 2. The van der Waals surface area contributed by atoms with Crippen LogP contribution in [0.15, 0.2) is 60.7 Å². The summed E-state index contributed by atoms with van der Waals surface area (Å²) in [4.78, 5) is 24.0. The van der Waals surface area contributed by atoms with Gasteiger partial charge in [0.2, 0.25) is 11.8 Å². The van der Waals surface area contributed by atoms with Gasteiger partial charge in [0.25, 0.3) is 0 Å². The van der Waals surface area contributed by atoms with Crippen LogP contribution in [0.5, 0.6) is 0 Å². The van der Waals surface area contributed by atoms with Crippen LogP contribution >= 0.6 is 0 Å². The third-order valence-corrected chi connectivity index (χ3v) is 4.14. The lowest BCUT2D eigenvalue weighted by Crippen LogP contribution is -2.41. The number of hydrogen-bond donors (Lipinski definition) is 3. The molecule has 5 heteroatoms. The minimum atomic E-state index is -0.417. The van der Waals surface area contributed by atoms with Crippen LogP contribution in [-0.2, 0) is 16.0 Å². The topological polar surface area (TPSA) is 84.2 Å². The summed E-state index contributed by atoms with van der Waals surface area (Å²) < 4.78 is 0. The Kier molecular flexibility index (Phi) is 7.16. The summed E-state index contributed by atoms with van der Waals surface area (Å²) in [5.74, 6) is -0.848. The molecule has 0 heterocycles. The predicted molar refractivity (Wildman–Crippen MR) is 98.7 cm³/mol. The Morgan fingerprint density at radius 3 is 2.20 bits per heavy atom. The number of nitrogens with two attached hydrogens (primary N) is 1. The van der Waals surface area contributed by atoms with Gasteiger partial charge >= 0.3 is 0 Å². The van der Waals surface area contributed by atoms with Crippen LogP contribution in [0.1, 0.15) is 24.1 Å². The smallest absolute Gasteiger partial charge is 0.239 e. The highest BCUT2D eigenvalue weighted by atomic mass is 16.2. The van der Waals surface area contributed by atoms with E-state index >= 15 is 0 Å². The molecule has 2 atom stereocenters. The lowest BCUT2D eigenvalue weighted by Gasteiger charge is -2.19. The average Bonchev–Trinajstić information content (AvgIpc) is 2.66. The summed E-state index contributed by atoms with van der Waals surface area (Å²) in [6, 6.07) is 19.0. The lowest BCUT2D eigenvalue weighted by molar-refractivity contribution is -0.128. The van der Waals surface area contributed by atoms with Crippen molar-refractivity contribution in [2.75, 3.05) is 13.1 Å². The Morgan fingerprint density at radius 2 is 1.56 bits per heavy atom. The summed E-state index contributed by atoms with van der Waals surface area (Å²) in [6.45, 7) is 2.26. The van der Waals surface area contributed by atoms with E-state index in [1.165, 1.54) is 0 Å². The normalized spacial score (nSPS) is 12.9. The van der Waals surface area contributed by atoms with Gasteiger partial charge < -0.3 is 16.4 Å². The summed E-state index contributed by atoms with van der Waals surface area (Å²) in [5.41, 5.74) is 8.19. The zero-order chi connectivity index (χ0) is 18.1. The van der Waals surface area contributed by atoms with Crippen LogP contribution in [-0.4, -0.2) is 24.9 Å². The van der Waals surface area contributed by atoms with Crippen molar-refractivity contribution in [1.82, 2.24) is 10.6 Å². The van der Waals surface area contributed by atoms with Crippen molar-refractivity contribution in [1.29, 1.82) is 0 Å². The van der Waals surface area contributed by atoms with Crippen LogP contribution < -0.4 is 16.4 Å². The van der Waals surface area contributed by atoms with Crippen LogP contribution in [0.25, 0.3) is 0 Å². The molecule has 2 aromatic rings. The summed E-state index contributed by atoms with van der Waals surface area (Å²) in [7, 11) is 0. The summed E-state index contributed by atoms with van der Waals surface area (Å²) in [6.07, 6.45) is 0.760. The molecular weight excluding hydrogens is 314 g/mol. The molecule has 25 heavy (non-hydrogen) atoms. The molecule has 2 aromatic carbocycles. The van der Waals surface area contributed by atoms with Gasteiger partial charge in [-0.05, 0) is 17.5 Å². The fourth-order valence-corrected chi connectivity index (χ4v) is 2.51. The quantitative estimate of drug-likeness (QED) is 0.686. The first-order valence-corrected chi connectivity index (χ1v) is 8.47. The molecule has 2 amide bonds. The molecule has 0 spiro atoms. The van der Waals surface area contributed by atoms with Crippen molar-refractivity contribution in [3.05, 3.63) is 71.8 Å². The van der Waals surface area contributed by atoms with Crippen molar-refractivity contribution in [3.8, 4) is 0 Å². The van der Waals surface area contributed by atoms with Crippen molar-refractivity contribution in [2.45, 2.75) is 19.4 Å². The minimum Gasteiger partial charge on any atom is -0.354 e. The second-order valence-corrected chi connectivity index (χ2v) is 6.03. The fraction of sp³-hybridized carbons (Fsp3) is 0.300. The number of nitrogens with one attached hydrogen (secondary N) is 2. The van der Waals surface area contributed by atoms with Gasteiger partial charge in [-0.1, -0.05) is 67.6 Å². The third kappa shape index (κ3) is 6.04. The van der Waals surface area contributed by atoms with Crippen molar-refractivity contribution in [2.24, 2.45) is 11.7 Å². The number of carbonyl (C=O) groups excluding carboxylic acids is 2. The van der Waals surface area contributed by atoms with Crippen molar-refractivity contribution >= 4 is 11.8 Å². The molecule has 2 rings (SSSR count). The van der Waals surface area contributed by atoms with E-state index in [1.54, 1.807) is 6.92 Å². The van der Waals surface area contributed by atoms with Crippen molar-refractivity contribution < 1.29 is 9.59 Å². The van der Waals surface area contributed by atoms with E-state index in [2.05, 4.69) is 10.6 Å². The highest BCUT2D eigenvalue weighted by Crippen LogP contribution is 2.18. The van der Waals surface area contributed by atoms with E-state index in [4.69, 9.17) is 5.73 Å². The molecule has 0 aliphatic rings. The molecule has 0 aliphatic carbocycles. The van der Waals surface area contributed by atoms with Gasteiger partial charge in [-0.3, -0.25) is 9.59 Å². The van der Waals surface area contributed by atoms with Gasteiger partial charge in [0, 0.05) is 12.6 Å². The van der Waals surface area contributed by atoms with Gasteiger partial charge in [-0.15, -0.1) is 0 Å². The first-order chi connectivity index (χ1) is 12.1. The molecule has 0 bridgehead atoms. The highest BCUT2D eigenvalue weighted by Gasteiger charge is 2.22. The van der Waals surface area contributed by atoms with E-state index in [-0.39, 0.29) is 18.4 Å². The standard InChI is InChI=1S/C20H25N3O2/c1-15(19(21)17-10-6-3-7-11-17)20(25)23-14-18(24)22-13-12-16-8-4-2-5-9-16/h2-11,15,19H,12-14,21H2,1H3,(H,22,24)(H,23,25). The van der Waals surface area contributed by atoms with E-state index < -0.39 is 12.0 Å². The molecule has 5 nitrogen and oxygen atoms in total. The molecule has 0 aliphatic heterocycles. The molecule has 0 aromatic heterocycles. The maximum atomic E-state index is 12.2. The zero-order valence-corrected chi connectivity index (χ0v) is 14.4. The number of benzene rings is 2. The Balaban J connectivity index is 1.70. The Labute approximate surface area is 148 Å². The van der Waals surface area contributed by atoms with Gasteiger partial charge in [0.05, 0.1) is 12.5 Å². The number of hydrogen-bond acceptors (Lipinski definition) is 3. The van der Waals surface area contributed by atoms with Crippen LogP contribution in [0.2, 0.25) is 0 Å². The average molecular weight is 339 g/mol. The maximum Gasteiger partial charge on any atom is 0.239 e. The molecule has 2 unspecified atom stereocenters. The van der Waals surface area contributed by atoms with E-state index in [9.17, 15) is 9.59 Å². The van der Waals surface area contributed by atoms with Crippen LogP contribution in [0.3, 0.4) is 0 Å². The molecule has 0 saturated heterocycles. The molecule has 0 fully saturated rings. The van der Waals surface area contributed by atoms with Gasteiger partial charge in [0.1, 0.15) is 0 Å². The molecule has 132 valence electrons. The summed E-state index contributed by atoms with van der Waals surface area (Å²) in [5, 5.41) is 5.45. The Bertz CT molecular complexity index is 674. The predicted octanol–water partition coefficient (Wildman–Crippen LogP) is 1.80. The Hall–Kier alpha value is -2.66. The third-order valence-electron chi connectivity index (χ3n) is 4.14. The lowest BCUT2D eigenvalue weighted by atomic mass is 9.95. The SMILES string of the molecule is CC(C(=O)NCC(=O)NCCc1ccccc1)C(N)c1ccccc1. The van der Waals surface area contributed by atoms with E-state index in [0.29, 0.717) is 6.54 Å². The van der Waals surface area contributed by atoms with Gasteiger partial charge in [-0.2, -0.15) is 0 Å². The van der Waals surface area contributed by atoms with Crippen LogP contribution in [0, 0.1) is 5.92 Å². The van der Waals surface area contributed by atoms with Crippen molar-refractivity contribution in [3.63, 3.8) is 0 Å².